The monoisotopic (exact) mass is 375 g/mol. The highest BCUT2D eigenvalue weighted by molar-refractivity contribution is 7.14. The van der Waals surface area contributed by atoms with Crippen LogP contribution in [0.4, 0.5) is 0 Å². The normalized spacial score (nSPS) is 19.4. The molecule has 0 unspecified atom stereocenters. The van der Waals surface area contributed by atoms with E-state index in [0.717, 1.165) is 48.5 Å². The molecule has 0 saturated carbocycles. The van der Waals surface area contributed by atoms with Crippen LogP contribution in [0.1, 0.15) is 44.5 Å². The van der Waals surface area contributed by atoms with E-state index >= 15 is 0 Å². The van der Waals surface area contributed by atoms with Crippen LogP contribution in [0.25, 0.3) is 0 Å². The average Bonchev–Trinajstić information content (AvgIpc) is 3.02. The number of nitrogens with zero attached hydrogens (tertiary/aromatic N) is 2. The van der Waals surface area contributed by atoms with E-state index in [2.05, 4.69) is 14.9 Å². The van der Waals surface area contributed by atoms with Gasteiger partial charge in [0.1, 0.15) is 10.7 Å². The third-order valence-electron chi connectivity index (χ3n) is 5.18. The minimum atomic E-state index is -0.868. The van der Waals surface area contributed by atoms with Crippen LogP contribution in [-0.2, 0) is 23.3 Å². The fourth-order valence-electron chi connectivity index (χ4n) is 3.96. The number of carboxylic acids is 1. The largest absolute Gasteiger partial charge is 0.477 e. The van der Waals surface area contributed by atoms with E-state index in [1.54, 1.807) is 19.1 Å². The first-order chi connectivity index (χ1) is 12.4. The number of aromatic nitrogens is 2. The zero-order valence-corrected chi connectivity index (χ0v) is 15.4. The Labute approximate surface area is 154 Å². The molecule has 26 heavy (non-hydrogen) atoms. The Balaban J connectivity index is 1.50. The highest BCUT2D eigenvalue weighted by atomic mass is 32.1. The van der Waals surface area contributed by atoms with Crippen molar-refractivity contribution < 1.29 is 14.6 Å². The fourth-order valence-corrected chi connectivity index (χ4v) is 5.03. The van der Waals surface area contributed by atoms with Gasteiger partial charge in [-0.15, -0.1) is 11.3 Å². The second-order valence-electron chi connectivity index (χ2n) is 6.94. The van der Waals surface area contributed by atoms with E-state index in [0.29, 0.717) is 23.9 Å². The van der Waals surface area contributed by atoms with Gasteiger partial charge < -0.3 is 14.8 Å². The molecular formula is C18H21N3O4S. The van der Waals surface area contributed by atoms with E-state index < -0.39 is 5.97 Å². The third kappa shape index (κ3) is 3.20. The lowest BCUT2D eigenvalue weighted by Crippen LogP contribution is -2.46. The van der Waals surface area contributed by atoms with Crippen molar-refractivity contribution >= 4 is 17.3 Å². The highest BCUT2D eigenvalue weighted by Crippen LogP contribution is 2.44. The summed E-state index contributed by atoms with van der Waals surface area (Å²) in [5.74, 6) is -0.242. The number of hydrogen-bond donors (Lipinski definition) is 2. The van der Waals surface area contributed by atoms with Gasteiger partial charge >= 0.3 is 5.97 Å². The van der Waals surface area contributed by atoms with Crippen molar-refractivity contribution in [1.82, 2.24) is 14.9 Å². The number of rotatable bonds is 3. The molecule has 2 aromatic heterocycles. The van der Waals surface area contributed by atoms with E-state index in [-0.39, 0.29) is 11.2 Å². The molecule has 0 atom stereocenters. The summed E-state index contributed by atoms with van der Waals surface area (Å²) in [5.41, 5.74) is 1.35. The SMILES string of the molecule is Cc1nc(CN2CCC3(CC2)OCCc2sc(C(=O)O)cc23)cc(=O)[nH]1. The minimum absolute atomic E-state index is 0.124. The summed E-state index contributed by atoms with van der Waals surface area (Å²) in [6, 6.07) is 3.35. The number of H-pyrrole nitrogens is 1. The number of aromatic carboxylic acids is 1. The van der Waals surface area contributed by atoms with Crippen LogP contribution in [0.3, 0.4) is 0 Å². The number of nitrogens with one attached hydrogen (secondary N) is 1. The van der Waals surface area contributed by atoms with Gasteiger partial charge in [-0.3, -0.25) is 9.69 Å². The summed E-state index contributed by atoms with van der Waals surface area (Å²) in [4.78, 5) is 33.8. The lowest BCUT2D eigenvalue weighted by atomic mass is 9.82. The Morgan fingerprint density at radius 2 is 2.19 bits per heavy atom. The lowest BCUT2D eigenvalue weighted by molar-refractivity contribution is -0.0982. The molecule has 2 aliphatic heterocycles. The number of aromatic amines is 1. The van der Waals surface area contributed by atoms with E-state index in [1.165, 1.54) is 11.3 Å². The summed E-state index contributed by atoms with van der Waals surface area (Å²) in [7, 11) is 0. The number of carbonyl (C=O) groups is 1. The Morgan fingerprint density at radius 3 is 2.88 bits per heavy atom. The summed E-state index contributed by atoms with van der Waals surface area (Å²) in [6.07, 6.45) is 2.42. The van der Waals surface area contributed by atoms with E-state index in [1.807, 2.05) is 0 Å². The molecule has 0 amide bonds. The van der Waals surface area contributed by atoms with Crippen LogP contribution in [0.2, 0.25) is 0 Å². The molecule has 2 aromatic rings. The van der Waals surface area contributed by atoms with Gasteiger partial charge in [0.2, 0.25) is 0 Å². The molecule has 1 saturated heterocycles. The summed E-state index contributed by atoms with van der Waals surface area (Å²) >= 11 is 1.38. The van der Waals surface area contributed by atoms with Gasteiger partial charge in [-0.1, -0.05) is 0 Å². The lowest BCUT2D eigenvalue weighted by Gasteiger charge is -2.44. The summed E-state index contributed by atoms with van der Waals surface area (Å²) < 4.78 is 6.18. The van der Waals surface area contributed by atoms with Crippen LogP contribution >= 0.6 is 11.3 Å². The Bertz CT molecular complexity index is 896. The maximum atomic E-state index is 11.6. The third-order valence-corrected chi connectivity index (χ3v) is 6.36. The molecule has 4 heterocycles. The van der Waals surface area contributed by atoms with Crippen molar-refractivity contribution in [3.8, 4) is 0 Å². The van der Waals surface area contributed by atoms with Crippen LogP contribution < -0.4 is 5.56 Å². The Kier molecular flexibility index (Phi) is 4.42. The second kappa shape index (κ2) is 6.61. The maximum absolute atomic E-state index is 11.6. The smallest absolute Gasteiger partial charge is 0.345 e. The number of hydrogen-bond acceptors (Lipinski definition) is 6. The molecule has 0 radical (unpaired) electrons. The van der Waals surface area contributed by atoms with Gasteiger partial charge in [0, 0.05) is 37.0 Å². The molecule has 0 aromatic carbocycles. The molecule has 2 aliphatic rings. The van der Waals surface area contributed by atoms with Crippen molar-refractivity contribution in [2.75, 3.05) is 19.7 Å². The van der Waals surface area contributed by atoms with Crippen molar-refractivity contribution in [3.63, 3.8) is 0 Å². The second-order valence-corrected chi connectivity index (χ2v) is 8.08. The topological polar surface area (TPSA) is 95.5 Å². The molecule has 0 bridgehead atoms. The van der Waals surface area contributed by atoms with Crippen LogP contribution in [0.15, 0.2) is 16.9 Å². The summed E-state index contributed by atoms with van der Waals surface area (Å²) in [6.45, 7) is 4.71. The highest BCUT2D eigenvalue weighted by Gasteiger charge is 2.42. The average molecular weight is 375 g/mol. The number of piperidine rings is 1. The zero-order chi connectivity index (χ0) is 18.3. The van der Waals surface area contributed by atoms with Crippen molar-refractivity contribution in [1.29, 1.82) is 0 Å². The van der Waals surface area contributed by atoms with Crippen LogP contribution in [0.5, 0.6) is 0 Å². The van der Waals surface area contributed by atoms with Gasteiger partial charge in [0.25, 0.3) is 5.56 Å². The first-order valence-corrected chi connectivity index (χ1v) is 9.56. The van der Waals surface area contributed by atoms with Crippen molar-refractivity contribution in [2.45, 2.75) is 38.3 Å². The molecular weight excluding hydrogens is 354 g/mol. The van der Waals surface area contributed by atoms with Crippen molar-refractivity contribution in [3.05, 3.63) is 49.3 Å². The van der Waals surface area contributed by atoms with Crippen LogP contribution in [0, 0.1) is 6.92 Å². The molecule has 138 valence electrons. The van der Waals surface area contributed by atoms with Crippen molar-refractivity contribution in [2.24, 2.45) is 0 Å². The van der Waals surface area contributed by atoms with Crippen LogP contribution in [-0.4, -0.2) is 45.6 Å². The number of carboxylic acid groups (broad SMARTS) is 1. The zero-order valence-electron chi connectivity index (χ0n) is 14.6. The Hall–Kier alpha value is -2.03. The number of thiophene rings is 1. The predicted octanol–water partition coefficient (Wildman–Crippen LogP) is 1.90. The van der Waals surface area contributed by atoms with E-state index in [4.69, 9.17) is 4.74 Å². The van der Waals surface area contributed by atoms with Gasteiger partial charge in [0.05, 0.1) is 17.9 Å². The summed E-state index contributed by atoms with van der Waals surface area (Å²) in [5, 5.41) is 9.30. The number of aryl methyl sites for hydroxylation is 1. The van der Waals surface area contributed by atoms with Gasteiger partial charge in [-0.25, -0.2) is 9.78 Å². The van der Waals surface area contributed by atoms with Gasteiger partial charge in [0.15, 0.2) is 0 Å². The molecule has 7 nitrogen and oxygen atoms in total. The van der Waals surface area contributed by atoms with Gasteiger partial charge in [-0.2, -0.15) is 0 Å². The maximum Gasteiger partial charge on any atom is 0.345 e. The molecule has 4 rings (SSSR count). The Morgan fingerprint density at radius 1 is 1.42 bits per heavy atom. The number of fused-ring (bicyclic) bond motifs is 2. The predicted molar refractivity (Wildman–Crippen MR) is 96.7 cm³/mol. The van der Waals surface area contributed by atoms with Gasteiger partial charge in [-0.05, 0) is 31.4 Å². The molecule has 2 N–H and O–H groups in total. The first kappa shape index (κ1) is 17.4. The molecule has 1 fully saturated rings. The van der Waals surface area contributed by atoms with E-state index in [9.17, 15) is 14.7 Å². The molecule has 8 heteroatoms. The number of ether oxygens (including phenoxy) is 1. The quantitative estimate of drug-likeness (QED) is 0.851. The standard InChI is InChI=1S/C18H21N3O4S/c1-11-19-12(8-16(22)20-11)10-21-5-3-18(4-6-21)13-9-15(17(23)24)26-14(13)2-7-25-18/h8-9H,2-7,10H2,1H3,(H,23,24)(H,19,20,22). The minimum Gasteiger partial charge on any atom is -0.477 e. The molecule has 1 spiro atoms. The number of likely N-dealkylation sites (tertiary alicyclic amines) is 1. The first-order valence-electron chi connectivity index (χ1n) is 8.75. The fraction of sp³-hybridized carbons (Fsp3) is 0.500. The molecule has 0 aliphatic carbocycles.